The van der Waals surface area contributed by atoms with Gasteiger partial charge in [-0.3, -0.25) is 4.90 Å². The molecule has 43 heavy (non-hydrogen) atoms. The van der Waals surface area contributed by atoms with Crippen LogP contribution in [0, 0.1) is 5.82 Å². The van der Waals surface area contributed by atoms with Gasteiger partial charge in [-0.05, 0) is 42.8 Å². The number of esters is 1. The Labute approximate surface area is 252 Å². The molecule has 2 unspecified atom stereocenters. The first-order chi connectivity index (χ1) is 21.0. The van der Waals surface area contributed by atoms with Crippen LogP contribution >= 0.6 is 11.6 Å². The van der Waals surface area contributed by atoms with Gasteiger partial charge in [0.1, 0.15) is 23.8 Å². The molecular formula is C31H31ClFN5O5. The summed E-state index contributed by atoms with van der Waals surface area (Å²) in [6.45, 7) is 5.43. The third-order valence-corrected chi connectivity index (χ3v) is 8.47. The molecule has 2 saturated heterocycles. The fourth-order valence-corrected chi connectivity index (χ4v) is 5.97. The number of hydrogen-bond acceptors (Lipinski definition) is 9. The van der Waals surface area contributed by atoms with Gasteiger partial charge in [-0.2, -0.15) is 0 Å². The van der Waals surface area contributed by atoms with Crippen molar-refractivity contribution < 1.29 is 28.1 Å². The number of carbonyl (C=O) groups is 1. The van der Waals surface area contributed by atoms with Crippen molar-refractivity contribution in [1.82, 2.24) is 19.4 Å². The quantitative estimate of drug-likeness (QED) is 0.279. The van der Waals surface area contributed by atoms with Crippen molar-refractivity contribution in [3.8, 4) is 11.5 Å². The molecule has 4 aromatic rings. The van der Waals surface area contributed by atoms with E-state index in [9.17, 15) is 9.18 Å². The molecule has 224 valence electrons. The lowest BCUT2D eigenvalue weighted by Gasteiger charge is -2.38. The Hall–Kier alpha value is -3.93. The lowest BCUT2D eigenvalue weighted by molar-refractivity contribution is -0.0592. The topological polar surface area (TPSA) is 91.2 Å². The highest BCUT2D eigenvalue weighted by molar-refractivity contribution is 6.30. The van der Waals surface area contributed by atoms with Crippen LogP contribution in [-0.2, 0) is 22.6 Å². The van der Waals surface area contributed by atoms with E-state index in [1.54, 1.807) is 18.2 Å². The van der Waals surface area contributed by atoms with Gasteiger partial charge in [0.05, 0.1) is 32.0 Å². The fraction of sp³-hybridized carbons (Fsp3) is 0.387. The summed E-state index contributed by atoms with van der Waals surface area (Å²) in [4.78, 5) is 26.3. The van der Waals surface area contributed by atoms with E-state index in [0.29, 0.717) is 40.8 Å². The predicted octanol–water partition coefficient (Wildman–Crippen LogP) is 4.63. The number of para-hydroxylation sites is 1. The van der Waals surface area contributed by atoms with Crippen LogP contribution in [0.5, 0.6) is 11.5 Å². The lowest BCUT2D eigenvalue weighted by atomic mass is 10.1. The summed E-state index contributed by atoms with van der Waals surface area (Å²) in [5, 5.41) is 0.341. The van der Waals surface area contributed by atoms with Crippen LogP contribution in [0.3, 0.4) is 0 Å². The zero-order chi connectivity index (χ0) is 29.5. The largest absolute Gasteiger partial charge is 0.483 e. The normalized spacial score (nSPS) is 20.2. The van der Waals surface area contributed by atoms with E-state index in [2.05, 4.69) is 19.4 Å². The summed E-state index contributed by atoms with van der Waals surface area (Å²) < 4.78 is 39.6. The minimum Gasteiger partial charge on any atom is -0.483 e. The molecule has 7 rings (SSSR count). The van der Waals surface area contributed by atoms with Crippen LogP contribution in [-0.4, -0.2) is 78.0 Å². The molecule has 2 atom stereocenters. The minimum absolute atomic E-state index is 0.110. The van der Waals surface area contributed by atoms with Crippen LogP contribution in [0.4, 0.5) is 10.1 Å². The number of fused-ring (bicyclic) bond motifs is 2. The predicted molar refractivity (Wildman–Crippen MR) is 157 cm³/mol. The first-order valence-electron chi connectivity index (χ1n) is 14.4. The van der Waals surface area contributed by atoms with E-state index in [0.717, 1.165) is 56.2 Å². The molecule has 3 aliphatic rings. The van der Waals surface area contributed by atoms with Crippen molar-refractivity contribution in [2.45, 2.75) is 31.7 Å². The van der Waals surface area contributed by atoms with Gasteiger partial charge in [-0.15, -0.1) is 0 Å². The Bertz CT molecular complexity index is 1670. The molecule has 0 radical (unpaired) electrons. The number of benzene rings is 2. The number of hydrogen-bond donors (Lipinski definition) is 0. The second kappa shape index (κ2) is 11.6. The monoisotopic (exact) mass is 607 g/mol. The highest BCUT2D eigenvalue weighted by Crippen LogP contribution is 2.44. The van der Waals surface area contributed by atoms with Crippen molar-refractivity contribution in [3.63, 3.8) is 0 Å². The molecule has 0 N–H and O–H groups in total. The van der Waals surface area contributed by atoms with Gasteiger partial charge < -0.3 is 28.4 Å². The van der Waals surface area contributed by atoms with E-state index in [1.807, 2.05) is 24.3 Å². The molecule has 0 aliphatic carbocycles. The maximum atomic E-state index is 14.5. The Morgan fingerprint density at radius 3 is 2.70 bits per heavy atom. The highest BCUT2D eigenvalue weighted by Gasteiger charge is 2.30. The van der Waals surface area contributed by atoms with Crippen molar-refractivity contribution in [1.29, 1.82) is 0 Å². The number of carbonyl (C=O) groups excluding carboxylic acids is 1. The number of rotatable bonds is 7. The molecule has 5 heterocycles. The molecule has 10 nitrogen and oxygen atoms in total. The standard InChI is InChI=1S/C31H31ClFN5O5/c1-40-31(39)24-8-7-23-30(35-24)38(16-20-9-14-41-20)28(34-23)17-36-10-12-37(13-11-36)25-3-2-4-26-29(25)42-18-27(43-26)21-6-5-19(32)15-22(21)33/h2-8,15,20,27H,9-14,16-18H2,1H3. The number of pyridine rings is 1. The number of ether oxygens (including phenoxy) is 4. The molecule has 0 spiro atoms. The SMILES string of the molecule is COC(=O)c1ccc2nc(CN3CCN(c4cccc5c4OCC(c4ccc(Cl)cc4F)O5)CC3)n(CC3CCO3)c2n1. The van der Waals surface area contributed by atoms with Gasteiger partial charge in [0.25, 0.3) is 0 Å². The average molecular weight is 608 g/mol. The summed E-state index contributed by atoms with van der Waals surface area (Å²) >= 11 is 5.93. The molecule has 2 fully saturated rings. The van der Waals surface area contributed by atoms with Crippen LogP contribution in [0.2, 0.25) is 5.02 Å². The van der Waals surface area contributed by atoms with Crippen molar-refractivity contribution >= 4 is 34.4 Å². The summed E-state index contributed by atoms with van der Waals surface area (Å²) in [5.41, 5.74) is 3.04. The van der Waals surface area contributed by atoms with E-state index in [4.69, 9.17) is 35.5 Å². The van der Waals surface area contributed by atoms with E-state index < -0.39 is 17.9 Å². The second-order valence-corrected chi connectivity index (χ2v) is 11.3. The molecule has 3 aliphatic heterocycles. The Kier molecular flexibility index (Phi) is 7.54. The summed E-state index contributed by atoms with van der Waals surface area (Å²) in [5.74, 6) is 1.28. The zero-order valence-corrected chi connectivity index (χ0v) is 24.4. The third kappa shape index (κ3) is 5.48. The molecule has 2 aromatic heterocycles. The van der Waals surface area contributed by atoms with Gasteiger partial charge in [-0.25, -0.2) is 19.2 Å². The first kappa shape index (κ1) is 27.9. The van der Waals surface area contributed by atoms with Gasteiger partial charge in [0.15, 0.2) is 28.9 Å². The van der Waals surface area contributed by atoms with Gasteiger partial charge in [-0.1, -0.05) is 23.7 Å². The number of imidazole rings is 1. The molecular weight excluding hydrogens is 577 g/mol. The van der Waals surface area contributed by atoms with E-state index >= 15 is 0 Å². The number of aromatic nitrogens is 3. The Morgan fingerprint density at radius 1 is 1.12 bits per heavy atom. The Balaban J connectivity index is 1.05. The van der Waals surface area contributed by atoms with E-state index in [-0.39, 0.29) is 18.4 Å². The molecule has 0 saturated carbocycles. The smallest absolute Gasteiger partial charge is 0.356 e. The first-order valence-corrected chi connectivity index (χ1v) is 14.8. The van der Waals surface area contributed by atoms with Crippen molar-refractivity contribution in [2.75, 3.05) is 51.4 Å². The highest BCUT2D eigenvalue weighted by atomic mass is 35.5. The van der Waals surface area contributed by atoms with Gasteiger partial charge >= 0.3 is 5.97 Å². The average Bonchev–Trinajstić information content (AvgIpc) is 3.34. The number of anilines is 1. The van der Waals surface area contributed by atoms with Gasteiger partial charge in [0, 0.05) is 43.4 Å². The maximum absolute atomic E-state index is 14.5. The minimum atomic E-state index is -0.556. The number of piperazine rings is 1. The number of halogens is 2. The molecule has 0 bridgehead atoms. The summed E-state index contributed by atoms with van der Waals surface area (Å²) in [6.07, 6.45) is 0.537. The Morgan fingerprint density at radius 2 is 1.95 bits per heavy atom. The number of methoxy groups -OCH3 is 1. The van der Waals surface area contributed by atoms with Crippen LogP contribution < -0.4 is 14.4 Å². The molecule has 0 amide bonds. The second-order valence-electron chi connectivity index (χ2n) is 10.9. The summed E-state index contributed by atoms with van der Waals surface area (Å²) in [7, 11) is 1.35. The van der Waals surface area contributed by atoms with Gasteiger partial charge in [0.2, 0.25) is 0 Å². The van der Waals surface area contributed by atoms with Crippen molar-refractivity contribution in [3.05, 3.63) is 76.5 Å². The van der Waals surface area contributed by atoms with Crippen LogP contribution in [0.15, 0.2) is 48.5 Å². The number of nitrogens with zero attached hydrogens (tertiary/aromatic N) is 5. The maximum Gasteiger partial charge on any atom is 0.356 e. The molecule has 12 heteroatoms. The van der Waals surface area contributed by atoms with E-state index in [1.165, 1.54) is 13.2 Å². The third-order valence-electron chi connectivity index (χ3n) is 8.24. The summed E-state index contributed by atoms with van der Waals surface area (Å²) in [6, 6.07) is 13.9. The fourth-order valence-electron chi connectivity index (χ4n) is 5.81. The van der Waals surface area contributed by atoms with Crippen molar-refractivity contribution in [2.24, 2.45) is 0 Å². The van der Waals surface area contributed by atoms with Crippen LogP contribution in [0.1, 0.15) is 34.4 Å². The van der Waals surface area contributed by atoms with Crippen LogP contribution in [0.25, 0.3) is 11.2 Å². The lowest BCUT2D eigenvalue weighted by Crippen LogP contribution is -2.46. The molecule has 2 aromatic carbocycles. The zero-order valence-electron chi connectivity index (χ0n) is 23.7.